The van der Waals surface area contributed by atoms with Crippen LogP contribution in [0.1, 0.15) is 12.8 Å². The molecule has 94 valence electrons. The summed E-state index contributed by atoms with van der Waals surface area (Å²) in [5, 5.41) is 9.09. The van der Waals surface area contributed by atoms with Crippen LogP contribution in [-0.4, -0.2) is 29.5 Å². The Kier molecular flexibility index (Phi) is 4.12. The van der Waals surface area contributed by atoms with Gasteiger partial charge >= 0.3 is 0 Å². The molecule has 0 bridgehead atoms. The van der Waals surface area contributed by atoms with Crippen LogP contribution in [0.5, 0.6) is 11.5 Å². The first kappa shape index (κ1) is 12.5. The molecule has 0 amide bonds. The average molecular weight is 258 g/mol. The van der Waals surface area contributed by atoms with Gasteiger partial charge in [-0.25, -0.2) is 4.39 Å². The van der Waals surface area contributed by atoms with Crippen molar-refractivity contribution in [3.8, 4) is 11.5 Å². The van der Waals surface area contributed by atoms with Crippen molar-refractivity contribution in [2.24, 2.45) is 0 Å². The quantitative estimate of drug-likeness (QED) is 0.904. The number of halogens is 1. The van der Waals surface area contributed by atoms with Crippen molar-refractivity contribution in [3.05, 3.63) is 24.0 Å². The van der Waals surface area contributed by atoms with Crippen LogP contribution in [-0.2, 0) is 4.74 Å². The Balaban J connectivity index is 2.05. The van der Waals surface area contributed by atoms with Crippen LogP contribution in [0.15, 0.2) is 18.2 Å². The Hall–Kier alpha value is -0.940. The Labute approximate surface area is 104 Å². The van der Waals surface area contributed by atoms with Crippen molar-refractivity contribution in [2.75, 3.05) is 12.9 Å². The van der Waals surface area contributed by atoms with Crippen molar-refractivity contribution in [1.29, 1.82) is 0 Å². The maximum Gasteiger partial charge on any atom is 0.170 e. The summed E-state index contributed by atoms with van der Waals surface area (Å²) in [5.41, 5.74) is -0.113. The third-order valence-electron chi connectivity index (χ3n) is 2.69. The van der Waals surface area contributed by atoms with E-state index in [1.807, 2.05) is 0 Å². The summed E-state index contributed by atoms with van der Waals surface area (Å²) in [5.74, 6) is 0.404. The zero-order valence-electron chi connectivity index (χ0n) is 9.56. The molecule has 1 heterocycles. The number of ether oxygens (including phenoxy) is 2. The number of phenols is 1. The molecule has 0 saturated carbocycles. The lowest BCUT2D eigenvalue weighted by atomic mass is 10.2. The minimum Gasteiger partial charge on any atom is -0.505 e. The van der Waals surface area contributed by atoms with Gasteiger partial charge in [-0.3, -0.25) is 0 Å². The molecule has 0 radical (unpaired) electrons. The number of benzene rings is 1. The number of hydrogen-bond acceptors (Lipinski definition) is 4. The number of methoxy groups -OCH3 is 1. The lowest BCUT2D eigenvalue weighted by Crippen LogP contribution is -2.34. The van der Waals surface area contributed by atoms with E-state index in [1.165, 1.54) is 12.1 Å². The molecule has 0 spiro atoms. The van der Waals surface area contributed by atoms with Gasteiger partial charge in [-0.1, -0.05) is 0 Å². The minimum absolute atomic E-state index is 0.0330. The van der Waals surface area contributed by atoms with Gasteiger partial charge in [-0.05, 0) is 30.7 Å². The summed E-state index contributed by atoms with van der Waals surface area (Å²) >= 11 is 1.67. The van der Waals surface area contributed by atoms with E-state index in [0.717, 1.165) is 18.6 Å². The number of thioether (sulfide) groups is 1. The lowest BCUT2D eigenvalue weighted by Gasteiger charge is -2.30. The van der Waals surface area contributed by atoms with E-state index in [4.69, 9.17) is 14.6 Å². The van der Waals surface area contributed by atoms with Gasteiger partial charge < -0.3 is 14.6 Å². The van der Waals surface area contributed by atoms with Crippen LogP contribution in [0.2, 0.25) is 0 Å². The fourth-order valence-electron chi connectivity index (χ4n) is 1.76. The minimum atomic E-state index is -0.669. The largest absolute Gasteiger partial charge is 0.505 e. The molecule has 1 saturated heterocycles. The Morgan fingerprint density at radius 3 is 3.00 bits per heavy atom. The van der Waals surface area contributed by atoms with E-state index >= 15 is 0 Å². The third kappa shape index (κ3) is 3.04. The highest BCUT2D eigenvalue weighted by molar-refractivity contribution is 7.99. The van der Waals surface area contributed by atoms with Gasteiger partial charge in [0, 0.05) is 13.2 Å². The molecule has 5 heteroatoms. The van der Waals surface area contributed by atoms with E-state index in [2.05, 4.69) is 0 Å². The third-order valence-corrected chi connectivity index (χ3v) is 3.95. The maximum atomic E-state index is 13.1. The molecule has 1 aliphatic rings. The van der Waals surface area contributed by atoms with Gasteiger partial charge in [-0.2, -0.15) is 0 Å². The molecule has 17 heavy (non-hydrogen) atoms. The summed E-state index contributed by atoms with van der Waals surface area (Å²) in [6.07, 6.45) is 2.09. The van der Waals surface area contributed by atoms with Crippen LogP contribution in [0.3, 0.4) is 0 Å². The van der Waals surface area contributed by atoms with Gasteiger partial charge in [0.25, 0.3) is 0 Å². The molecule has 1 N–H and O–H groups in total. The van der Waals surface area contributed by atoms with Gasteiger partial charge in [-0.15, -0.1) is 11.8 Å². The predicted molar refractivity (Wildman–Crippen MR) is 65.0 cm³/mol. The fraction of sp³-hybridized carbons (Fsp3) is 0.500. The standard InChI is InChI=1S/C12H15FO3S/c1-15-11-3-2-6-17-12(11)16-8-4-5-10(14)9(13)7-8/h4-5,7,11-12,14H,2-3,6H2,1H3/t11-,12?/m1/s1. The van der Waals surface area contributed by atoms with Crippen LogP contribution >= 0.6 is 11.8 Å². The first-order chi connectivity index (χ1) is 8.20. The molecule has 1 fully saturated rings. The summed E-state index contributed by atoms with van der Waals surface area (Å²) < 4.78 is 24.2. The summed E-state index contributed by atoms with van der Waals surface area (Å²) in [4.78, 5) is 0. The molecule has 0 aromatic heterocycles. The normalized spacial score (nSPS) is 24.6. The van der Waals surface area contributed by atoms with Crippen molar-refractivity contribution >= 4 is 11.8 Å². The number of phenolic OH excluding ortho intramolecular Hbond substituents is 1. The first-order valence-electron chi connectivity index (χ1n) is 5.50. The predicted octanol–water partition coefficient (Wildman–Crippen LogP) is 2.78. The molecule has 1 aliphatic heterocycles. The second kappa shape index (κ2) is 5.60. The molecule has 1 aromatic carbocycles. The molecular formula is C12H15FO3S. The fourth-order valence-corrected chi connectivity index (χ4v) is 2.97. The monoisotopic (exact) mass is 258 g/mol. The smallest absolute Gasteiger partial charge is 0.170 e. The van der Waals surface area contributed by atoms with Gasteiger partial charge in [0.15, 0.2) is 17.0 Å². The zero-order chi connectivity index (χ0) is 12.3. The second-order valence-corrected chi connectivity index (χ2v) is 5.09. The van der Waals surface area contributed by atoms with Gasteiger partial charge in [0.05, 0.1) is 0 Å². The Bertz CT molecular complexity index is 386. The molecule has 1 aromatic rings. The van der Waals surface area contributed by atoms with Crippen molar-refractivity contribution in [1.82, 2.24) is 0 Å². The molecule has 2 atom stereocenters. The topological polar surface area (TPSA) is 38.7 Å². The molecular weight excluding hydrogens is 243 g/mol. The zero-order valence-corrected chi connectivity index (χ0v) is 10.4. The van der Waals surface area contributed by atoms with E-state index < -0.39 is 5.82 Å². The summed E-state index contributed by atoms with van der Waals surface area (Å²) in [6.45, 7) is 0. The van der Waals surface area contributed by atoms with Crippen LogP contribution in [0.25, 0.3) is 0 Å². The summed E-state index contributed by atoms with van der Waals surface area (Å²) in [6, 6.07) is 4.04. The molecule has 0 aliphatic carbocycles. The van der Waals surface area contributed by atoms with E-state index in [1.54, 1.807) is 24.9 Å². The van der Waals surface area contributed by atoms with Gasteiger partial charge in [0.1, 0.15) is 11.9 Å². The number of rotatable bonds is 3. The highest BCUT2D eigenvalue weighted by Gasteiger charge is 2.27. The first-order valence-corrected chi connectivity index (χ1v) is 6.55. The SMILES string of the molecule is CO[C@@H]1CCCSC1Oc1ccc(O)c(F)c1. The molecule has 1 unspecified atom stereocenters. The van der Waals surface area contributed by atoms with Crippen LogP contribution in [0.4, 0.5) is 4.39 Å². The Morgan fingerprint density at radius 1 is 1.47 bits per heavy atom. The van der Waals surface area contributed by atoms with E-state index in [0.29, 0.717) is 5.75 Å². The lowest BCUT2D eigenvalue weighted by molar-refractivity contribution is 0.0327. The maximum absolute atomic E-state index is 13.1. The van der Waals surface area contributed by atoms with Crippen molar-refractivity contribution in [2.45, 2.75) is 24.4 Å². The van der Waals surface area contributed by atoms with Gasteiger partial charge in [0.2, 0.25) is 0 Å². The van der Waals surface area contributed by atoms with Crippen LogP contribution in [0, 0.1) is 5.82 Å². The van der Waals surface area contributed by atoms with Crippen molar-refractivity contribution in [3.63, 3.8) is 0 Å². The highest BCUT2D eigenvalue weighted by atomic mass is 32.2. The number of aromatic hydroxyl groups is 1. The number of hydrogen-bond donors (Lipinski definition) is 1. The Morgan fingerprint density at radius 2 is 2.29 bits per heavy atom. The average Bonchev–Trinajstić information content (AvgIpc) is 2.34. The second-order valence-electron chi connectivity index (χ2n) is 3.89. The van der Waals surface area contributed by atoms with Crippen molar-refractivity contribution < 1.29 is 19.0 Å². The highest BCUT2D eigenvalue weighted by Crippen LogP contribution is 2.31. The van der Waals surface area contributed by atoms with E-state index in [9.17, 15) is 4.39 Å². The van der Waals surface area contributed by atoms with E-state index in [-0.39, 0.29) is 17.3 Å². The molecule has 3 nitrogen and oxygen atoms in total. The van der Waals surface area contributed by atoms with Crippen LogP contribution < -0.4 is 4.74 Å². The molecule has 2 rings (SSSR count). The summed E-state index contributed by atoms with van der Waals surface area (Å²) in [7, 11) is 1.66.